The third kappa shape index (κ3) is 7.58. The van der Waals surface area contributed by atoms with E-state index in [2.05, 4.69) is 49.5 Å². The van der Waals surface area contributed by atoms with Gasteiger partial charge in [0.15, 0.2) is 5.82 Å². The van der Waals surface area contributed by atoms with Crippen LogP contribution in [0.15, 0.2) is 64.8 Å². The van der Waals surface area contributed by atoms with E-state index in [4.69, 9.17) is 9.47 Å². The van der Waals surface area contributed by atoms with Gasteiger partial charge in [0, 0.05) is 31.3 Å². The summed E-state index contributed by atoms with van der Waals surface area (Å²) in [5.74, 6) is 1.79. The molecule has 0 aliphatic carbocycles. The van der Waals surface area contributed by atoms with Gasteiger partial charge in [0.05, 0.1) is 19.8 Å². The molecule has 9 nitrogen and oxygen atoms in total. The summed E-state index contributed by atoms with van der Waals surface area (Å²) in [4.78, 5) is 23.5. The second-order valence-corrected chi connectivity index (χ2v) is 8.37. The standard InChI is InChI=1S/C26H30N6O3/c1-19-6-8-22(9-7-19)28-26(33)35-13-10-23-29-24(17-25(30-23)32-11-14-34-15-12-32)31-27-18-21-5-3-4-20(2)16-21/h3-9,16-17H,10-15,18H2,1-2H3,(H,28,33). The third-order valence-corrected chi connectivity index (χ3v) is 5.45. The van der Waals surface area contributed by atoms with E-state index in [1.54, 1.807) is 0 Å². The highest BCUT2D eigenvalue weighted by Crippen LogP contribution is 2.20. The van der Waals surface area contributed by atoms with Crippen LogP contribution in [0, 0.1) is 13.8 Å². The van der Waals surface area contributed by atoms with Crippen molar-refractivity contribution in [2.75, 3.05) is 43.1 Å². The number of hydrogen-bond acceptors (Lipinski definition) is 8. The van der Waals surface area contributed by atoms with E-state index in [1.165, 1.54) is 5.56 Å². The van der Waals surface area contributed by atoms with Gasteiger partial charge in [-0.25, -0.2) is 14.8 Å². The molecule has 35 heavy (non-hydrogen) atoms. The number of aryl methyl sites for hydroxylation is 2. The molecule has 1 aromatic heterocycles. The minimum Gasteiger partial charge on any atom is -0.449 e. The highest BCUT2D eigenvalue weighted by atomic mass is 16.5. The number of rotatable bonds is 8. The van der Waals surface area contributed by atoms with Crippen molar-refractivity contribution in [2.24, 2.45) is 10.2 Å². The normalized spacial score (nSPS) is 13.7. The smallest absolute Gasteiger partial charge is 0.411 e. The Hall–Kier alpha value is -3.85. The van der Waals surface area contributed by atoms with Crippen LogP contribution in [0.3, 0.4) is 0 Å². The molecular weight excluding hydrogens is 444 g/mol. The van der Waals surface area contributed by atoms with Crippen molar-refractivity contribution in [2.45, 2.75) is 26.8 Å². The fourth-order valence-electron chi connectivity index (χ4n) is 3.61. The maximum Gasteiger partial charge on any atom is 0.411 e. The molecular formula is C26H30N6O3. The molecule has 1 amide bonds. The van der Waals surface area contributed by atoms with Crippen LogP contribution in [0.2, 0.25) is 0 Å². The highest BCUT2D eigenvalue weighted by molar-refractivity contribution is 5.84. The van der Waals surface area contributed by atoms with E-state index in [-0.39, 0.29) is 6.61 Å². The first-order valence-corrected chi connectivity index (χ1v) is 11.7. The zero-order valence-electron chi connectivity index (χ0n) is 20.1. The molecule has 2 heterocycles. The number of aromatic nitrogens is 2. The predicted molar refractivity (Wildman–Crippen MR) is 134 cm³/mol. The Morgan fingerprint density at radius 1 is 1.06 bits per heavy atom. The molecule has 0 saturated carbocycles. The number of nitrogens with one attached hydrogen (secondary N) is 1. The lowest BCUT2D eigenvalue weighted by Crippen LogP contribution is -2.37. The first-order valence-electron chi connectivity index (χ1n) is 11.7. The van der Waals surface area contributed by atoms with Crippen molar-refractivity contribution in [3.05, 3.63) is 77.1 Å². The molecule has 0 unspecified atom stereocenters. The van der Waals surface area contributed by atoms with Crippen molar-refractivity contribution in [3.63, 3.8) is 0 Å². The van der Waals surface area contributed by atoms with Crippen molar-refractivity contribution in [1.29, 1.82) is 0 Å². The Balaban J connectivity index is 1.40. The summed E-state index contributed by atoms with van der Waals surface area (Å²) in [5, 5.41) is 11.4. The van der Waals surface area contributed by atoms with E-state index in [0.717, 1.165) is 30.0 Å². The molecule has 3 aromatic rings. The molecule has 0 bridgehead atoms. The molecule has 1 aliphatic rings. The first-order chi connectivity index (χ1) is 17.0. The van der Waals surface area contributed by atoms with Gasteiger partial charge in [-0.1, -0.05) is 47.5 Å². The molecule has 9 heteroatoms. The van der Waals surface area contributed by atoms with Gasteiger partial charge < -0.3 is 14.4 Å². The minimum atomic E-state index is -0.517. The van der Waals surface area contributed by atoms with Gasteiger partial charge in [-0.3, -0.25) is 5.32 Å². The van der Waals surface area contributed by atoms with Gasteiger partial charge >= 0.3 is 6.09 Å². The molecule has 1 fully saturated rings. The number of carbonyl (C=O) groups excluding carboxylic acids is 1. The number of ether oxygens (including phenoxy) is 2. The van der Waals surface area contributed by atoms with Gasteiger partial charge in [-0.2, -0.15) is 5.11 Å². The fraction of sp³-hybridized carbons (Fsp3) is 0.346. The maximum atomic E-state index is 12.1. The predicted octanol–water partition coefficient (Wildman–Crippen LogP) is 5.01. The zero-order chi connectivity index (χ0) is 24.5. The van der Waals surface area contributed by atoms with Crippen LogP contribution in [0.5, 0.6) is 0 Å². The molecule has 0 spiro atoms. The van der Waals surface area contributed by atoms with Gasteiger partial charge in [-0.05, 0) is 31.5 Å². The molecule has 182 valence electrons. The molecule has 0 atom stereocenters. The average molecular weight is 475 g/mol. The lowest BCUT2D eigenvalue weighted by molar-refractivity contribution is 0.122. The Morgan fingerprint density at radius 2 is 1.86 bits per heavy atom. The summed E-state index contributed by atoms with van der Waals surface area (Å²) in [7, 11) is 0. The second kappa shape index (κ2) is 12.0. The van der Waals surface area contributed by atoms with E-state index >= 15 is 0 Å². The van der Waals surface area contributed by atoms with Crippen LogP contribution in [-0.4, -0.2) is 49.0 Å². The van der Waals surface area contributed by atoms with Crippen molar-refractivity contribution in [3.8, 4) is 0 Å². The number of nitrogens with zero attached hydrogens (tertiary/aromatic N) is 5. The van der Waals surface area contributed by atoms with Crippen LogP contribution in [-0.2, 0) is 22.4 Å². The first kappa shape index (κ1) is 24.3. The molecule has 0 radical (unpaired) electrons. The number of anilines is 2. The summed E-state index contributed by atoms with van der Waals surface area (Å²) in [6, 6.07) is 17.5. The van der Waals surface area contributed by atoms with Gasteiger partial charge in [0.2, 0.25) is 0 Å². The van der Waals surface area contributed by atoms with Crippen LogP contribution in [0.4, 0.5) is 22.1 Å². The van der Waals surface area contributed by atoms with Crippen LogP contribution in [0.25, 0.3) is 0 Å². The third-order valence-electron chi connectivity index (χ3n) is 5.45. The highest BCUT2D eigenvalue weighted by Gasteiger charge is 2.15. The molecule has 1 N–H and O–H groups in total. The van der Waals surface area contributed by atoms with E-state index in [9.17, 15) is 4.79 Å². The topological polar surface area (TPSA) is 101 Å². The SMILES string of the molecule is Cc1ccc(NC(=O)OCCc2nc(N=NCc3cccc(C)c3)cc(N3CCOCC3)n2)cc1. The lowest BCUT2D eigenvalue weighted by atomic mass is 10.1. The van der Waals surface area contributed by atoms with E-state index < -0.39 is 6.09 Å². The lowest BCUT2D eigenvalue weighted by Gasteiger charge is -2.28. The van der Waals surface area contributed by atoms with Gasteiger partial charge in [0.25, 0.3) is 0 Å². The average Bonchev–Trinajstić information content (AvgIpc) is 2.86. The van der Waals surface area contributed by atoms with Crippen LogP contribution in [0.1, 0.15) is 22.5 Å². The van der Waals surface area contributed by atoms with Crippen molar-refractivity contribution < 1.29 is 14.3 Å². The number of benzene rings is 2. The fourth-order valence-corrected chi connectivity index (χ4v) is 3.61. The number of carbonyl (C=O) groups is 1. The van der Waals surface area contributed by atoms with Crippen LogP contribution < -0.4 is 10.2 Å². The van der Waals surface area contributed by atoms with E-state index in [0.29, 0.717) is 43.5 Å². The number of amides is 1. The van der Waals surface area contributed by atoms with Gasteiger partial charge in [-0.15, -0.1) is 5.11 Å². The quantitative estimate of drug-likeness (QED) is 0.461. The largest absolute Gasteiger partial charge is 0.449 e. The summed E-state index contributed by atoms with van der Waals surface area (Å²) >= 11 is 0. The maximum absolute atomic E-state index is 12.1. The zero-order valence-corrected chi connectivity index (χ0v) is 20.1. The van der Waals surface area contributed by atoms with Crippen molar-refractivity contribution in [1.82, 2.24) is 9.97 Å². The molecule has 4 rings (SSSR count). The molecule has 1 aliphatic heterocycles. The molecule has 2 aromatic carbocycles. The Kier molecular flexibility index (Phi) is 8.34. The Labute approximate surface area is 205 Å². The van der Waals surface area contributed by atoms with Gasteiger partial charge in [0.1, 0.15) is 18.2 Å². The number of azo groups is 1. The van der Waals surface area contributed by atoms with E-state index in [1.807, 2.05) is 49.4 Å². The summed E-state index contributed by atoms with van der Waals surface area (Å²) in [6.45, 7) is 7.42. The minimum absolute atomic E-state index is 0.143. The monoisotopic (exact) mass is 474 g/mol. The number of morpholine rings is 1. The summed E-state index contributed by atoms with van der Waals surface area (Å²) < 4.78 is 10.8. The summed E-state index contributed by atoms with van der Waals surface area (Å²) in [6.07, 6.45) is -0.156. The Morgan fingerprint density at radius 3 is 2.63 bits per heavy atom. The van der Waals surface area contributed by atoms with Crippen molar-refractivity contribution >= 4 is 23.4 Å². The summed E-state index contributed by atoms with van der Waals surface area (Å²) in [5.41, 5.74) is 4.07. The Bertz CT molecular complexity index is 1160. The number of hydrogen-bond donors (Lipinski definition) is 1. The molecule has 1 saturated heterocycles. The van der Waals surface area contributed by atoms with Crippen LogP contribution >= 0.6 is 0 Å². The second-order valence-electron chi connectivity index (χ2n) is 8.37.